The van der Waals surface area contributed by atoms with Crippen molar-refractivity contribution in [2.24, 2.45) is 0 Å². The maximum absolute atomic E-state index is 5.77. The Bertz CT molecular complexity index is 967. The molecule has 27 heavy (non-hydrogen) atoms. The van der Waals surface area contributed by atoms with Gasteiger partial charge in [-0.15, -0.1) is 10.2 Å². The average Bonchev–Trinajstić information content (AvgIpc) is 3.22. The summed E-state index contributed by atoms with van der Waals surface area (Å²) in [7, 11) is 0. The van der Waals surface area contributed by atoms with Crippen LogP contribution in [0.3, 0.4) is 0 Å². The van der Waals surface area contributed by atoms with Crippen LogP contribution < -0.4 is 9.47 Å². The Morgan fingerprint density at radius 1 is 0.630 bits per heavy atom. The van der Waals surface area contributed by atoms with Crippen molar-refractivity contribution >= 4 is 0 Å². The summed E-state index contributed by atoms with van der Waals surface area (Å²) in [4.78, 5) is 0. The van der Waals surface area contributed by atoms with Crippen molar-refractivity contribution in [3.8, 4) is 23.0 Å². The van der Waals surface area contributed by atoms with Gasteiger partial charge in [0.05, 0.1) is 0 Å². The second kappa shape index (κ2) is 8.19. The van der Waals surface area contributed by atoms with E-state index in [-0.39, 0.29) is 6.61 Å². The summed E-state index contributed by atoms with van der Waals surface area (Å²) in [6.07, 6.45) is 0. The molecule has 0 aliphatic rings. The molecule has 0 saturated carbocycles. The summed E-state index contributed by atoms with van der Waals surface area (Å²) in [5.41, 5.74) is 2.01. The van der Waals surface area contributed by atoms with Gasteiger partial charge in [-0.05, 0) is 42.0 Å². The first-order valence-corrected chi connectivity index (χ1v) is 8.64. The first kappa shape index (κ1) is 16.8. The molecule has 134 valence electrons. The Kier molecular flexibility index (Phi) is 5.11. The molecule has 3 aromatic carbocycles. The summed E-state index contributed by atoms with van der Waals surface area (Å²) in [6.45, 7) is 0.745. The van der Waals surface area contributed by atoms with E-state index in [1.54, 1.807) is 0 Å². The van der Waals surface area contributed by atoms with Gasteiger partial charge in [0.2, 0.25) is 5.89 Å². The average molecular weight is 358 g/mol. The highest BCUT2D eigenvalue weighted by Crippen LogP contribution is 2.21. The fourth-order valence-corrected chi connectivity index (χ4v) is 2.53. The van der Waals surface area contributed by atoms with Gasteiger partial charge in [0.15, 0.2) is 6.61 Å². The standard InChI is InChI=1S/C22H18N2O3/c1-3-7-17(8-4-1)15-25-19-11-13-20(14-12-19)26-16-21-23-24-22(27-21)18-9-5-2-6-10-18/h1-14H,15-16H2. The molecule has 4 rings (SSSR count). The molecule has 0 N–H and O–H groups in total. The Morgan fingerprint density at radius 2 is 1.22 bits per heavy atom. The fraction of sp³-hybridized carbons (Fsp3) is 0.0909. The molecule has 5 nitrogen and oxygen atoms in total. The minimum absolute atomic E-state index is 0.212. The third kappa shape index (κ3) is 4.52. The molecule has 1 aromatic heterocycles. The number of hydrogen-bond acceptors (Lipinski definition) is 5. The molecule has 0 fully saturated rings. The van der Waals surface area contributed by atoms with Gasteiger partial charge in [-0.2, -0.15) is 0 Å². The lowest BCUT2D eigenvalue weighted by Crippen LogP contribution is -1.97. The van der Waals surface area contributed by atoms with E-state index in [2.05, 4.69) is 10.2 Å². The molecule has 1 heterocycles. The molecule has 0 amide bonds. The molecule has 4 aromatic rings. The molecule has 0 aliphatic carbocycles. The Hall–Kier alpha value is -3.60. The predicted molar refractivity (Wildman–Crippen MR) is 101 cm³/mol. The SMILES string of the molecule is c1ccc(COc2ccc(OCc3nnc(-c4ccccc4)o3)cc2)cc1. The lowest BCUT2D eigenvalue weighted by atomic mass is 10.2. The van der Waals surface area contributed by atoms with Crippen molar-refractivity contribution in [1.82, 2.24) is 10.2 Å². The lowest BCUT2D eigenvalue weighted by Gasteiger charge is -2.08. The third-order valence-corrected chi connectivity index (χ3v) is 3.92. The van der Waals surface area contributed by atoms with E-state index in [9.17, 15) is 0 Å². The Morgan fingerprint density at radius 3 is 1.89 bits per heavy atom. The zero-order valence-electron chi connectivity index (χ0n) is 14.6. The normalized spacial score (nSPS) is 10.5. The van der Waals surface area contributed by atoms with E-state index in [1.165, 1.54) is 0 Å². The van der Waals surface area contributed by atoms with Crippen LogP contribution in [0.5, 0.6) is 11.5 Å². The lowest BCUT2D eigenvalue weighted by molar-refractivity contribution is 0.263. The van der Waals surface area contributed by atoms with Crippen LogP contribution in [0.1, 0.15) is 11.5 Å². The molecular formula is C22H18N2O3. The maximum Gasteiger partial charge on any atom is 0.254 e. The van der Waals surface area contributed by atoms with Gasteiger partial charge in [0.1, 0.15) is 18.1 Å². The summed E-state index contributed by atoms with van der Waals surface area (Å²) < 4.78 is 17.1. The molecule has 0 unspecified atom stereocenters. The Labute approximate surface area is 157 Å². The maximum atomic E-state index is 5.77. The van der Waals surface area contributed by atoms with Gasteiger partial charge in [-0.1, -0.05) is 48.5 Å². The van der Waals surface area contributed by atoms with E-state index in [1.807, 2.05) is 84.9 Å². The van der Waals surface area contributed by atoms with E-state index in [0.717, 1.165) is 16.9 Å². The topological polar surface area (TPSA) is 57.4 Å². The predicted octanol–water partition coefficient (Wildman–Crippen LogP) is 4.89. The van der Waals surface area contributed by atoms with Crippen LogP contribution in [0.4, 0.5) is 0 Å². The molecule has 0 radical (unpaired) electrons. The summed E-state index contributed by atoms with van der Waals surface area (Å²) >= 11 is 0. The van der Waals surface area contributed by atoms with Crippen LogP contribution in [0.2, 0.25) is 0 Å². The van der Waals surface area contributed by atoms with Crippen LogP contribution >= 0.6 is 0 Å². The zero-order chi connectivity index (χ0) is 18.3. The van der Waals surface area contributed by atoms with Gasteiger partial charge >= 0.3 is 0 Å². The number of hydrogen-bond donors (Lipinski definition) is 0. The van der Waals surface area contributed by atoms with E-state index < -0.39 is 0 Å². The van der Waals surface area contributed by atoms with Gasteiger partial charge < -0.3 is 13.9 Å². The van der Waals surface area contributed by atoms with Gasteiger partial charge in [0.25, 0.3) is 5.89 Å². The molecule has 0 bridgehead atoms. The summed E-state index contributed by atoms with van der Waals surface area (Å²) in [5.74, 6) is 2.41. The molecule has 0 aliphatic heterocycles. The molecule has 0 atom stereocenters. The molecule has 0 saturated heterocycles. The molecular weight excluding hydrogens is 340 g/mol. The highest BCUT2D eigenvalue weighted by atomic mass is 16.5. The number of ether oxygens (including phenoxy) is 2. The minimum Gasteiger partial charge on any atom is -0.489 e. The summed E-state index contributed by atoms with van der Waals surface area (Å²) in [6, 6.07) is 27.2. The van der Waals surface area contributed by atoms with Crippen LogP contribution in [0.15, 0.2) is 89.3 Å². The van der Waals surface area contributed by atoms with Crippen molar-refractivity contribution < 1.29 is 13.9 Å². The second-order valence-corrected chi connectivity index (χ2v) is 5.90. The fourth-order valence-electron chi connectivity index (χ4n) is 2.53. The van der Waals surface area contributed by atoms with Gasteiger partial charge in [-0.25, -0.2) is 0 Å². The largest absolute Gasteiger partial charge is 0.489 e. The van der Waals surface area contributed by atoms with Gasteiger partial charge in [-0.3, -0.25) is 0 Å². The number of rotatable bonds is 7. The Balaban J connectivity index is 1.31. The second-order valence-electron chi connectivity index (χ2n) is 5.90. The highest BCUT2D eigenvalue weighted by molar-refractivity contribution is 5.51. The van der Waals surface area contributed by atoms with Crippen LogP contribution in [-0.4, -0.2) is 10.2 Å². The highest BCUT2D eigenvalue weighted by Gasteiger charge is 2.08. The first-order valence-electron chi connectivity index (χ1n) is 8.64. The quantitative estimate of drug-likeness (QED) is 0.470. The summed E-state index contributed by atoms with van der Waals surface area (Å²) in [5, 5.41) is 8.07. The van der Waals surface area contributed by atoms with Crippen LogP contribution in [-0.2, 0) is 13.2 Å². The molecule has 5 heteroatoms. The number of nitrogens with zero attached hydrogens (tertiary/aromatic N) is 2. The van der Waals surface area contributed by atoms with Crippen molar-refractivity contribution in [2.75, 3.05) is 0 Å². The van der Waals surface area contributed by atoms with Crippen molar-refractivity contribution in [3.63, 3.8) is 0 Å². The van der Waals surface area contributed by atoms with Crippen molar-refractivity contribution in [3.05, 3.63) is 96.4 Å². The first-order chi connectivity index (χ1) is 13.4. The smallest absolute Gasteiger partial charge is 0.254 e. The number of aromatic nitrogens is 2. The van der Waals surface area contributed by atoms with Crippen molar-refractivity contribution in [2.45, 2.75) is 13.2 Å². The third-order valence-electron chi connectivity index (χ3n) is 3.92. The van der Waals surface area contributed by atoms with E-state index >= 15 is 0 Å². The van der Waals surface area contributed by atoms with Crippen molar-refractivity contribution in [1.29, 1.82) is 0 Å². The van der Waals surface area contributed by atoms with Crippen LogP contribution in [0, 0.1) is 0 Å². The van der Waals surface area contributed by atoms with Gasteiger partial charge in [0, 0.05) is 5.56 Å². The zero-order valence-corrected chi connectivity index (χ0v) is 14.6. The minimum atomic E-state index is 0.212. The molecule has 0 spiro atoms. The van der Waals surface area contributed by atoms with E-state index in [4.69, 9.17) is 13.9 Å². The number of benzene rings is 3. The van der Waals surface area contributed by atoms with Crippen LogP contribution in [0.25, 0.3) is 11.5 Å². The van der Waals surface area contributed by atoms with E-state index in [0.29, 0.717) is 24.1 Å². The monoisotopic (exact) mass is 358 g/mol.